The minimum Gasteiger partial charge on any atom is -0.494 e. The van der Waals surface area contributed by atoms with Crippen molar-refractivity contribution in [2.24, 2.45) is 0 Å². The zero-order chi connectivity index (χ0) is 24.9. The van der Waals surface area contributed by atoms with Gasteiger partial charge in [-0.25, -0.2) is 0 Å². The van der Waals surface area contributed by atoms with Crippen molar-refractivity contribution in [2.45, 2.75) is 32.6 Å². The molecule has 0 unspecified atom stereocenters. The maximum atomic E-state index is 12.8. The number of carbonyl (C=O) groups excluding carboxylic acids is 2. The number of esters is 1. The third-order valence-corrected chi connectivity index (χ3v) is 5.08. The van der Waals surface area contributed by atoms with Crippen molar-refractivity contribution in [3.05, 3.63) is 83.9 Å². The Morgan fingerprint density at radius 2 is 1.60 bits per heavy atom. The van der Waals surface area contributed by atoms with Crippen LogP contribution in [0.1, 0.15) is 48.5 Å². The number of carbonyl (C=O) groups is 2. The fourth-order valence-electron chi connectivity index (χ4n) is 3.29. The first kappa shape index (κ1) is 25.3. The molecule has 0 atom stereocenters. The highest BCUT2D eigenvalue weighted by atomic mass is 16.5. The molecule has 3 rings (SSSR count). The summed E-state index contributed by atoms with van der Waals surface area (Å²) in [5, 5.41) is 12.1. The van der Waals surface area contributed by atoms with Gasteiger partial charge in [-0.2, -0.15) is 5.26 Å². The van der Waals surface area contributed by atoms with Crippen LogP contribution in [0.4, 0.5) is 5.69 Å². The fourth-order valence-corrected chi connectivity index (χ4v) is 3.29. The number of hydrogen-bond acceptors (Lipinski definition) is 6. The van der Waals surface area contributed by atoms with E-state index in [2.05, 4.69) is 11.4 Å². The van der Waals surface area contributed by atoms with Gasteiger partial charge in [-0.1, -0.05) is 24.3 Å². The topological polar surface area (TPSA) is 97.7 Å². The Balaban J connectivity index is 1.51. The average Bonchev–Trinajstić information content (AvgIpc) is 2.88. The third-order valence-electron chi connectivity index (χ3n) is 5.08. The second kappa shape index (κ2) is 13.4. The molecule has 0 spiro atoms. The monoisotopic (exact) mass is 472 g/mol. The van der Waals surface area contributed by atoms with Crippen LogP contribution in [0.25, 0.3) is 0 Å². The minimum absolute atomic E-state index is 0.163. The number of para-hydroxylation sites is 3. The number of nitrogens with zero attached hydrogens (tertiary/aromatic N) is 1. The summed E-state index contributed by atoms with van der Waals surface area (Å²) in [5.74, 6) is 1.07. The Morgan fingerprint density at radius 3 is 2.34 bits per heavy atom. The molecule has 0 saturated heterocycles. The van der Waals surface area contributed by atoms with Gasteiger partial charge in [-0.3, -0.25) is 9.59 Å². The minimum atomic E-state index is -0.292. The Labute approximate surface area is 205 Å². The van der Waals surface area contributed by atoms with Crippen LogP contribution in [0.3, 0.4) is 0 Å². The molecule has 7 nitrogen and oxygen atoms in total. The van der Waals surface area contributed by atoms with Gasteiger partial charge in [0.15, 0.2) is 5.75 Å². The highest BCUT2D eigenvalue weighted by Gasteiger charge is 2.12. The molecular weight excluding hydrogens is 444 g/mol. The van der Waals surface area contributed by atoms with Crippen LogP contribution in [0.15, 0.2) is 72.8 Å². The Bertz CT molecular complexity index is 1170. The molecule has 0 saturated carbocycles. The smallest absolute Gasteiger partial charge is 0.305 e. The van der Waals surface area contributed by atoms with Gasteiger partial charge < -0.3 is 19.5 Å². The first-order chi connectivity index (χ1) is 17.1. The Kier molecular flexibility index (Phi) is 9.70. The summed E-state index contributed by atoms with van der Waals surface area (Å²) in [6.07, 6.45) is 2.90. The lowest BCUT2D eigenvalue weighted by molar-refractivity contribution is -0.143. The number of ether oxygens (including phenoxy) is 3. The number of hydrogen-bond donors (Lipinski definition) is 1. The van der Waals surface area contributed by atoms with Crippen molar-refractivity contribution in [3.8, 4) is 23.3 Å². The van der Waals surface area contributed by atoms with Crippen LogP contribution in [0.2, 0.25) is 0 Å². The zero-order valence-electron chi connectivity index (χ0n) is 19.7. The van der Waals surface area contributed by atoms with Gasteiger partial charge in [0.1, 0.15) is 17.6 Å². The van der Waals surface area contributed by atoms with E-state index in [0.717, 1.165) is 19.3 Å². The number of nitriles is 1. The number of benzene rings is 3. The molecule has 1 amide bonds. The SMILES string of the molecule is CCOC(=O)CCCCCOc1ccc(C(=O)Nc2ccccc2Oc2ccccc2C#N)cc1. The quantitative estimate of drug-likeness (QED) is 0.252. The molecule has 0 radical (unpaired) electrons. The van der Waals surface area contributed by atoms with Crippen LogP contribution < -0.4 is 14.8 Å². The molecule has 1 N–H and O–H groups in total. The summed E-state index contributed by atoms with van der Waals surface area (Å²) in [5.41, 5.74) is 1.37. The molecule has 0 aliphatic rings. The van der Waals surface area contributed by atoms with Crippen LogP contribution >= 0.6 is 0 Å². The van der Waals surface area contributed by atoms with Gasteiger partial charge in [-0.15, -0.1) is 0 Å². The van der Waals surface area contributed by atoms with Crippen LogP contribution in [-0.2, 0) is 9.53 Å². The summed E-state index contributed by atoms with van der Waals surface area (Å²) in [6.45, 7) is 2.74. The zero-order valence-corrected chi connectivity index (χ0v) is 19.7. The molecular formula is C28H28N2O5. The molecule has 35 heavy (non-hydrogen) atoms. The number of unbranched alkanes of at least 4 members (excludes halogenated alkanes) is 2. The summed E-state index contributed by atoms with van der Waals surface area (Å²) in [6, 6.07) is 23.0. The first-order valence-corrected chi connectivity index (χ1v) is 11.6. The molecule has 0 aliphatic heterocycles. The predicted molar refractivity (Wildman–Crippen MR) is 133 cm³/mol. The molecule has 3 aromatic rings. The summed E-state index contributed by atoms with van der Waals surface area (Å²) < 4.78 is 16.5. The van der Waals surface area contributed by atoms with Gasteiger partial charge in [-0.05, 0) is 74.7 Å². The van der Waals surface area contributed by atoms with Crippen LogP contribution in [0.5, 0.6) is 17.2 Å². The van der Waals surface area contributed by atoms with E-state index >= 15 is 0 Å². The maximum absolute atomic E-state index is 12.8. The van der Waals surface area contributed by atoms with Gasteiger partial charge in [0.2, 0.25) is 0 Å². The van der Waals surface area contributed by atoms with Crippen LogP contribution in [-0.4, -0.2) is 25.1 Å². The number of anilines is 1. The second-order valence-electron chi connectivity index (χ2n) is 7.65. The number of rotatable bonds is 12. The standard InChI is InChI=1S/C28H28N2O5/c1-2-33-27(31)14-4-3-9-19-34-23-17-15-21(16-18-23)28(32)30-24-11-6-8-13-26(24)35-25-12-7-5-10-22(25)20-29/h5-8,10-13,15-18H,2-4,9,14,19H2,1H3,(H,30,32). The van der Waals surface area contributed by atoms with Crippen molar-refractivity contribution >= 4 is 17.6 Å². The molecule has 7 heteroatoms. The highest BCUT2D eigenvalue weighted by molar-refractivity contribution is 6.05. The normalized spacial score (nSPS) is 10.2. The molecule has 0 bridgehead atoms. The van der Waals surface area contributed by atoms with E-state index in [9.17, 15) is 14.9 Å². The van der Waals surface area contributed by atoms with E-state index in [1.807, 2.05) is 0 Å². The van der Waals surface area contributed by atoms with Crippen LogP contribution in [0, 0.1) is 11.3 Å². The molecule has 0 fully saturated rings. The number of nitrogens with one attached hydrogen (secondary N) is 1. The van der Waals surface area contributed by atoms with Crippen molar-refractivity contribution in [1.29, 1.82) is 5.26 Å². The average molecular weight is 473 g/mol. The lowest BCUT2D eigenvalue weighted by Gasteiger charge is -2.13. The predicted octanol–water partition coefficient (Wildman–Crippen LogP) is 6.11. The van der Waals surface area contributed by atoms with Gasteiger partial charge in [0, 0.05) is 12.0 Å². The lowest BCUT2D eigenvalue weighted by atomic mass is 10.2. The van der Waals surface area contributed by atoms with E-state index in [1.54, 1.807) is 79.7 Å². The van der Waals surface area contributed by atoms with E-state index in [1.165, 1.54) is 0 Å². The second-order valence-corrected chi connectivity index (χ2v) is 7.65. The van der Waals surface area contributed by atoms with E-state index in [0.29, 0.717) is 53.7 Å². The molecule has 0 aromatic heterocycles. The summed E-state index contributed by atoms with van der Waals surface area (Å²) in [4.78, 5) is 24.1. The van der Waals surface area contributed by atoms with Crippen molar-refractivity contribution in [2.75, 3.05) is 18.5 Å². The largest absolute Gasteiger partial charge is 0.494 e. The van der Waals surface area contributed by atoms with Gasteiger partial charge in [0.25, 0.3) is 5.91 Å². The molecule has 0 aliphatic carbocycles. The molecule has 3 aromatic carbocycles. The van der Waals surface area contributed by atoms with Crippen molar-refractivity contribution < 1.29 is 23.8 Å². The first-order valence-electron chi connectivity index (χ1n) is 11.6. The third kappa shape index (κ3) is 7.90. The van der Waals surface area contributed by atoms with Crippen molar-refractivity contribution in [3.63, 3.8) is 0 Å². The summed E-state index contributed by atoms with van der Waals surface area (Å²) >= 11 is 0. The molecule has 0 heterocycles. The van der Waals surface area contributed by atoms with Gasteiger partial charge >= 0.3 is 5.97 Å². The highest BCUT2D eigenvalue weighted by Crippen LogP contribution is 2.31. The maximum Gasteiger partial charge on any atom is 0.305 e. The van der Waals surface area contributed by atoms with E-state index in [-0.39, 0.29) is 11.9 Å². The fraction of sp³-hybridized carbons (Fsp3) is 0.250. The Morgan fingerprint density at radius 1 is 0.886 bits per heavy atom. The number of amides is 1. The molecule has 180 valence electrons. The summed E-state index contributed by atoms with van der Waals surface area (Å²) in [7, 11) is 0. The lowest BCUT2D eigenvalue weighted by Crippen LogP contribution is -2.12. The Hall–Kier alpha value is -4.31. The van der Waals surface area contributed by atoms with Gasteiger partial charge in [0.05, 0.1) is 24.5 Å². The van der Waals surface area contributed by atoms with E-state index in [4.69, 9.17) is 14.2 Å². The van der Waals surface area contributed by atoms with Crippen molar-refractivity contribution in [1.82, 2.24) is 0 Å². The van der Waals surface area contributed by atoms with E-state index < -0.39 is 0 Å².